The number of nitrogens with zero attached hydrogens (tertiary/aromatic N) is 1. The third kappa shape index (κ3) is 9.89. The lowest BCUT2D eigenvalue weighted by Gasteiger charge is -2.17. The lowest BCUT2D eigenvalue weighted by molar-refractivity contribution is -0.137. The molecule has 0 radical (unpaired) electrons. The van der Waals surface area contributed by atoms with E-state index >= 15 is 0 Å². The van der Waals surface area contributed by atoms with Crippen molar-refractivity contribution in [3.63, 3.8) is 0 Å². The summed E-state index contributed by atoms with van der Waals surface area (Å²) >= 11 is 0. The third-order valence-electron chi connectivity index (χ3n) is 3.39. The molecule has 0 aromatic heterocycles. The van der Waals surface area contributed by atoms with Gasteiger partial charge in [0.2, 0.25) is 0 Å². The van der Waals surface area contributed by atoms with Crippen LogP contribution in [0, 0.1) is 11.8 Å². The Balaban J connectivity index is 2.71. The monoisotopic (exact) mass is 403 g/mol. The first-order valence-electron chi connectivity index (χ1n) is 8.40. The number of sulfone groups is 1. The predicted octanol–water partition coefficient (Wildman–Crippen LogP) is 2.44. The van der Waals surface area contributed by atoms with E-state index in [2.05, 4.69) is 27.5 Å². The third-order valence-corrected chi connectivity index (χ3v) is 4.37. The molecule has 5 nitrogen and oxygen atoms in total. The normalized spacial score (nSPS) is 13.5. The van der Waals surface area contributed by atoms with E-state index in [1.165, 1.54) is 18.4 Å². The highest BCUT2D eigenvalue weighted by molar-refractivity contribution is 7.90. The Hall–Kier alpha value is -2.21. The van der Waals surface area contributed by atoms with Crippen molar-refractivity contribution in [1.29, 1.82) is 0 Å². The van der Waals surface area contributed by atoms with Gasteiger partial charge in [-0.15, -0.1) is 0 Å². The van der Waals surface area contributed by atoms with Crippen LogP contribution in [-0.4, -0.2) is 45.5 Å². The molecule has 0 spiro atoms. The number of guanidine groups is 1. The highest BCUT2D eigenvalue weighted by Gasteiger charge is 2.30. The molecule has 9 heteroatoms. The maximum absolute atomic E-state index is 12.7. The average molecular weight is 403 g/mol. The van der Waals surface area contributed by atoms with Gasteiger partial charge in [0, 0.05) is 24.4 Å². The lowest BCUT2D eigenvalue weighted by atomic mass is 10.1. The topological polar surface area (TPSA) is 70.6 Å². The van der Waals surface area contributed by atoms with Gasteiger partial charge in [-0.3, -0.25) is 0 Å². The molecule has 0 aliphatic carbocycles. The number of halogens is 3. The summed E-state index contributed by atoms with van der Waals surface area (Å²) in [7, 11) is -3.04. The Bertz CT molecular complexity index is 809. The van der Waals surface area contributed by atoms with E-state index in [0.29, 0.717) is 18.9 Å². The Kier molecular flexibility index (Phi) is 8.63. The zero-order valence-corrected chi connectivity index (χ0v) is 16.3. The van der Waals surface area contributed by atoms with Crippen LogP contribution < -0.4 is 10.6 Å². The molecular weight excluding hydrogens is 379 g/mol. The molecule has 1 atom stereocenters. The minimum absolute atomic E-state index is 0.0654. The quantitative estimate of drug-likeness (QED) is 0.435. The molecular formula is C18H24F3N3O2S. The van der Waals surface area contributed by atoms with Crippen molar-refractivity contribution >= 4 is 15.8 Å². The minimum Gasteiger partial charge on any atom is -0.357 e. The summed E-state index contributed by atoms with van der Waals surface area (Å²) in [5.74, 6) is 5.91. The summed E-state index contributed by atoms with van der Waals surface area (Å²) in [6.07, 6.45) is -2.79. The Labute approximate surface area is 158 Å². The van der Waals surface area contributed by atoms with Crippen molar-refractivity contribution in [1.82, 2.24) is 10.6 Å². The van der Waals surface area contributed by atoms with E-state index in [1.54, 1.807) is 0 Å². The van der Waals surface area contributed by atoms with Gasteiger partial charge in [0.25, 0.3) is 0 Å². The van der Waals surface area contributed by atoms with E-state index < -0.39 is 21.6 Å². The number of aliphatic imine (C=N–C) groups is 1. The van der Waals surface area contributed by atoms with Crippen molar-refractivity contribution in [2.24, 2.45) is 4.99 Å². The molecule has 150 valence electrons. The highest BCUT2D eigenvalue weighted by atomic mass is 32.2. The molecule has 1 aromatic rings. The van der Waals surface area contributed by atoms with Crippen molar-refractivity contribution in [3.05, 3.63) is 35.4 Å². The van der Waals surface area contributed by atoms with E-state index in [-0.39, 0.29) is 23.9 Å². The SMILES string of the molecule is CCNC(=NCC#Cc1cccc(C(F)(F)F)c1)NC(C)CCS(C)(=O)=O. The predicted molar refractivity (Wildman–Crippen MR) is 101 cm³/mol. The minimum atomic E-state index is -4.40. The van der Waals surface area contributed by atoms with Crippen LogP contribution in [0.3, 0.4) is 0 Å². The summed E-state index contributed by atoms with van der Waals surface area (Å²) in [5, 5.41) is 6.09. The summed E-state index contributed by atoms with van der Waals surface area (Å²) in [5.41, 5.74) is -0.480. The van der Waals surface area contributed by atoms with E-state index in [4.69, 9.17) is 0 Å². The van der Waals surface area contributed by atoms with Crippen molar-refractivity contribution in [2.75, 3.05) is 25.1 Å². The van der Waals surface area contributed by atoms with Gasteiger partial charge >= 0.3 is 6.18 Å². The van der Waals surface area contributed by atoms with Crippen LogP contribution in [0.5, 0.6) is 0 Å². The van der Waals surface area contributed by atoms with Crippen molar-refractivity contribution in [3.8, 4) is 11.8 Å². The van der Waals surface area contributed by atoms with Gasteiger partial charge in [-0.25, -0.2) is 13.4 Å². The number of rotatable bonds is 6. The van der Waals surface area contributed by atoms with Crippen molar-refractivity contribution in [2.45, 2.75) is 32.5 Å². The van der Waals surface area contributed by atoms with Crippen LogP contribution >= 0.6 is 0 Å². The molecule has 0 bridgehead atoms. The molecule has 1 unspecified atom stereocenters. The molecule has 0 saturated heterocycles. The molecule has 0 heterocycles. The van der Waals surface area contributed by atoms with Gasteiger partial charge in [-0.05, 0) is 38.5 Å². The van der Waals surface area contributed by atoms with Crippen LogP contribution in [0.25, 0.3) is 0 Å². The molecule has 0 amide bonds. The van der Waals surface area contributed by atoms with Crippen LogP contribution in [0.15, 0.2) is 29.3 Å². The zero-order valence-electron chi connectivity index (χ0n) is 15.5. The Morgan fingerprint density at radius 2 is 2.04 bits per heavy atom. The Morgan fingerprint density at radius 3 is 2.63 bits per heavy atom. The highest BCUT2D eigenvalue weighted by Crippen LogP contribution is 2.29. The first-order chi connectivity index (χ1) is 12.5. The molecule has 27 heavy (non-hydrogen) atoms. The fourth-order valence-electron chi connectivity index (χ4n) is 2.05. The summed E-state index contributed by atoms with van der Waals surface area (Å²) in [6, 6.07) is 4.68. The fourth-order valence-corrected chi connectivity index (χ4v) is 2.83. The maximum Gasteiger partial charge on any atom is 0.416 e. The molecule has 1 rings (SSSR count). The van der Waals surface area contributed by atoms with Gasteiger partial charge in [0.05, 0.1) is 11.3 Å². The molecule has 1 aromatic carbocycles. The lowest BCUT2D eigenvalue weighted by Crippen LogP contribution is -2.42. The number of hydrogen-bond donors (Lipinski definition) is 2. The summed E-state index contributed by atoms with van der Waals surface area (Å²) in [6.45, 7) is 4.41. The van der Waals surface area contributed by atoms with Gasteiger partial charge < -0.3 is 10.6 Å². The second-order valence-electron chi connectivity index (χ2n) is 6.04. The van der Waals surface area contributed by atoms with Crippen LogP contribution in [0.2, 0.25) is 0 Å². The zero-order chi connectivity index (χ0) is 20.5. The molecule has 0 fully saturated rings. The van der Waals surface area contributed by atoms with Gasteiger partial charge in [0.15, 0.2) is 5.96 Å². The number of alkyl halides is 3. The van der Waals surface area contributed by atoms with E-state index in [9.17, 15) is 21.6 Å². The largest absolute Gasteiger partial charge is 0.416 e. The van der Waals surface area contributed by atoms with Gasteiger partial charge in [0.1, 0.15) is 16.4 Å². The average Bonchev–Trinajstić information content (AvgIpc) is 2.56. The van der Waals surface area contributed by atoms with Crippen molar-refractivity contribution < 1.29 is 21.6 Å². The van der Waals surface area contributed by atoms with Crippen LogP contribution in [0.1, 0.15) is 31.4 Å². The molecule has 2 N–H and O–H groups in total. The fraction of sp³-hybridized carbons (Fsp3) is 0.500. The smallest absolute Gasteiger partial charge is 0.357 e. The number of hydrogen-bond acceptors (Lipinski definition) is 3. The van der Waals surface area contributed by atoms with Crippen LogP contribution in [-0.2, 0) is 16.0 Å². The van der Waals surface area contributed by atoms with E-state index in [1.807, 2.05) is 13.8 Å². The van der Waals surface area contributed by atoms with E-state index in [0.717, 1.165) is 12.1 Å². The van der Waals surface area contributed by atoms with Crippen LogP contribution in [0.4, 0.5) is 13.2 Å². The first-order valence-corrected chi connectivity index (χ1v) is 10.5. The standard InChI is InChI=1S/C18H24F3N3O2S/c1-4-22-17(24-14(2)10-12-27(3,25)26)23-11-6-8-15-7-5-9-16(13-15)18(19,20)21/h5,7,9,13-14H,4,10-12H2,1-3H3,(H2,22,23,24). The first kappa shape index (κ1) is 22.8. The molecule has 0 saturated carbocycles. The van der Waals surface area contributed by atoms with Gasteiger partial charge in [-0.2, -0.15) is 13.2 Å². The second-order valence-corrected chi connectivity index (χ2v) is 8.30. The Morgan fingerprint density at radius 1 is 1.33 bits per heavy atom. The summed E-state index contributed by atoms with van der Waals surface area (Å²) < 4.78 is 60.5. The maximum atomic E-state index is 12.7. The molecule has 0 aliphatic heterocycles. The molecule has 0 aliphatic rings. The second kappa shape index (κ2) is 10.2. The summed E-state index contributed by atoms with van der Waals surface area (Å²) in [4.78, 5) is 4.23. The van der Waals surface area contributed by atoms with Gasteiger partial charge in [-0.1, -0.05) is 17.9 Å². The number of benzene rings is 1. The number of nitrogens with one attached hydrogen (secondary N) is 2.